The summed E-state index contributed by atoms with van der Waals surface area (Å²) in [4.78, 5) is 3.52. The van der Waals surface area contributed by atoms with Crippen LogP contribution >= 0.6 is 0 Å². The highest BCUT2D eigenvalue weighted by Gasteiger charge is 1.98. The molecule has 0 aliphatic heterocycles. The molecule has 0 unspecified atom stereocenters. The zero-order chi connectivity index (χ0) is 5.70. The zero-order valence-electron chi connectivity index (χ0n) is 3.79. The minimum Gasteiger partial charge on any atom is -0.396 e. The van der Waals surface area contributed by atoms with Crippen molar-refractivity contribution in [1.82, 2.24) is 0 Å². The molecule has 0 saturated heterocycles. The lowest BCUT2D eigenvalue weighted by Crippen LogP contribution is -2.41. The van der Waals surface area contributed by atoms with Crippen molar-refractivity contribution in [2.45, 2.75) is 6.42 Å². The summed E-state index contributed by atoms with van der Waals surface area (Å²) >= 11 is 0. The van der Waals surface area contributed by atoms with Crippen molar-refractivity contribution in [3.8, 4) is 0 Å². The van der Waals surface area contributed by atoms with Crippen LogP contribution in [-0.4, -0.2) is 22.9 Å². The van der Waals surface area contributed by atoms with E-state index in [1.165, 1.54) is 0 Å². The summed E-state index contributed by atoms with van der Waals surface area (Å²) in [6, 6.07) is 0. The molecule has 0 aromatic heterocycles. The topological polar surface area (TPSA) is 75.3 Å². The molecule has 0 spiro atoms. The summed E-state index contributed by atoms with van der Waals surface area (Å²) in [6.07, 6.45) is 0.177. The first kappa shape index (κ1) is 6.39. The predicted octanol–water partition coefficient (Wildman–Crippen LogP) is -1.98. The van der Waals surface area contributed by atoms with Crippen LogP contribution in [0.5, 0.6) is 0 Å². The molecular formula is C3H8NO3+. The van der Waals surface area contributed by atoms with Gasteiger partial charge in [0.15, 0.2) is 0 Å². The molecule has 0 amide bonds. The molecule has 4 nitrogen and oxygen atoms in total. The first-order valence-electron chi connectivity index (χ1n) is 1.85. The Morgan fingerprint density at radius 2 is 2.29 bits per heavy atom. The maximum absolute atomic E-state index is 8.08. The van der Waals surface area contributed by atoms with E-state index in [9.17, 15) is 0 Å². The van der Waals surface area contributed by atoms with Crippen LogP contribution in [0.15, 0.2) is 0 Å². The zero-order valence-corrected chi connectivity index (χ0v) is 3.79. The van der Waals surface area contributed by atoms with Crippen molar-refractivity contribution in [1.29, 1.82) is 0 Å². The van der Waals surface area contributed by atoms with Gasteiger partial charge in [0, 0.05) is 0 Å². The van der Waals surface area contributed by atoms with Gasteiger partial charge in [-0.25, -0.2) is 5.41 Å². The highest BCUT2D eigenvalue weighted by Crippen LogP contribution is 1.74. The molecule has 0 radical (unpaired) electrons. The first-order valence-corrected chi connectivity index (χ1v) is 1.85. The molecule has 7 heavy (non-hydrogen) atoms. The van der Waals surface area contributed by atoms with Crippen molar-refractivity contribution in [3.05, 3.63) is 0 Å². The lowest BCUT2D eigenvalue weighted by Gasteiger charge is -1.85. The third-order valence-electron chi connectivity index (χ3n) is 0.475. The van der Waals surface area contributed by atoms with Crippen LogP contribution in [0.1, 0.15) is 6.42 Å². The highest BCUT2D eigenvalue weighted by atomic mass is 17.1. The van der Waals surface area contributed by atoms with Gasteiger partial charge in [0.05, 0.1) is 13.0 Å². The second-order valence-electron chi connectivity index (χ2n) is 1.03. The molecule has 0 atom stereocenters. The number of rotatable bonds is 2. The largest absolute Gasteiger partial charge is 0.396 e. The molecule has 0 aliphatic carbocycles. The second-order valence-corrected chi connectivity index (χ2v) is 1.03. The Morgan fingerprint density at radius 3 is 2.43 bits per heavy atom. The van der Waals surface area contributed by atoms with Gasteiger partial charge in [0.1, 0.15) is 0 Å². The number of aliphatic hydroxyl groups excluding tert-OH is 1. The molecule has 42 valence electrons. The molecule has 0 heterocycles. The van der Waals surface area contributed by atoms with Crippen LogP contribution in [0, 0.1) is 0 Å². The van der Waals surface area contributed by atoms with Gasteiger partial charge in [-0.1, -0.05) is 0 Å². The molecule has 0 saturated carbocycles. The minimum atomic E-state index is -0.105. The molecule has 0 aromatic rings. The maximum Gasteiger partial charge on any atom is 0.368 e. The van der Waals surface area contributed by atoms with Gasteiger partial charge in [0.25, 0.3) is 0 Å². The fourth-order valence-electron chi connectivity index (χ4n) is 0.156. The fraction of sp³-hybridized carbons (Fsp3) is 0.667. The van der Waals surface area contributed by atoms with E-state index in [0.29, 0.717) is 0 Å². The SMILES string of the molecule is [NH2+]=C(CCO)OO. The summed E-state index contributed by atoms with van der Waals surface area (Å²) in [7, 11) is 0. The molecule has 4 N–H and O–H groups in total. The third kappa shape index (κ3) is 3.21. The van der Waals surface area contributed by atoms with Crippen LogP contribution < -0.4 is 5.41 Å². The number of hydrogen-bond donors (Lipinski definition) is 3. The summed E-state index contributed by atoms with van der Waals surface area (Å²) in [5.74, 6) is -0.0671. The van der Waals surface area contributed by atoms with E-state index in [2.05, 4.69) is 4.89 Å². The van der Waals surface area contributed by atoms with E-state index in [0.717, 1.165) is 0 Å². The van der Waals surface area contributed by atoms with Crippen molar-refractivity contribution < 1.29 is 20.7 Å². The maximum atomic E-state index is 8.08. The highest BCUT2D eigenvalue weighted by molar-refractivity contribution is 5.68. The summed E-state index contributed by atoms with van der Waals surface area (Å²) in [6.45, 7) is -0.105. The van der Waals surface area contributed by atoms with Gasteiger partial charge in [0.2, 0.25) is 0 Å². The monoisotopic (exact) mass is 106 g/mol. The molecule has 0 aliphatic rings. The van der Waals surface area contributed by atoms with Crippen molar-refractivity contribution in [2.24, 2.45) is 0 Å². The van der Waals surface area contributed by atoms with Crippen molar-refractivity contribution >= 4 is 5.90 Å². The molecule has 0 bridgehead atoms. The van der Waals surface area contributed by atoms with E-state index in [-0.39, 0.29) is 18.9 Å². The predicted molar refractivity (Wildman–Crippen MR) is 22.3 cm³/mol. The standard InChI is InChI=1S/C3H7NO3/c4-3(7-6)1-2-5/h4-6H,1-2H2/p+1. The van der Waals surface area contributed by atoms with Crippen molar-refractivity contribution in [2.75, 3.05) is 6.61 Å². The average Bonchev–Trinajstić information content (AvgIpc) is 1.68. The molecule has 0 fully saturated rings. The smallest absolute Gasteiger partial charge is 0.368 e. The third-order valence-corrected chi connectivity index (χ3v) is 0.475. The van der Waals surface area contributed by atoms with Crippen LogP contribution in [-0.2, 0) is 4.89 Å². The Morgan fingerprint density at radius 1 is 1.71 bits per heavy atom. The normalized spacial score (nSPS) is 8.29. The van der Waals surface area contributed by atoms with Crippen LogP contribution in [0.2, 0.25) is 0 Å². The number of aliphatic hydroxyl groups is 1. The van der Waals surface area contributed by atoms with E-state index in [1.54, 1.807) is 0 Å². The second kappa shape index (κ2) is 3.58. The fourth-order valence-corrected chi connectivity index (χ4v) is 0.156. The number of hydrogen-bond acceptors (Lipinski definition) is 3. The Labute approximate surface area is 40.8 Å². The lowest BCUT2D eigenvalue weighted by molar-refractivity contribution is -0.234. The van der Waals surface area contributed by atoms with Gasteiger partial charge in [-0.05, 0) is 0 Å². The molecule has 0 rings (SSSR count). The van der Waals surface area contributed by atoms with E-state index >= 15 is 0 Å². The lowest BCUT2D eigenvalue weighted by atomic mass is 10.5. The molecule has 4 heteroatoms. The van der Waals surface area contributed by atoms with E-state index in [4.69, 9.17) is 15.8 Å². The number of nitrogens with two attached hydrogens (primary N) is 1. The van der Waals surface area contributed by atoms with Gasteiger partial charge >= 0.3 is 5.90 Å². The van der Waals surface area contributed by atoms with E-state index < -0.39 is 0 Å². The van der Waals surface area contributed by atoms with Gasteiger partial charge in [-0.3, -0.25) is 4.89 Å². The van der Waals surface area contributed by atoms with Crippen LogP contribution in [0.4, 0.5) is 0 Å². The summed E-state index contributed by atoms with van der Waals surface area (Å²) < 4.78 is 0. The van der Waals surface area contributed by atoms with Gasteiger partial charge in [-0.15, -0.1) is 0 Å². The molecular weight excluding hydrogens is 98.0 g/mol. The van der Waals surface area contributed by atoms with Gasteiger partial charge in [-0.2, -0.15) is 5.26 Å². The Kier molecular flexibility index (Phi) is 3.26. The Bertz CT molecular complexity index is 63.2. The van der Waals surface area contributed by atoms with Crippen molar-refractivity contribution in [3.63, 3.8) is 0 Å². The first-order chi connectivity index (χ1) is 3.31. The quantitative estimate of drug-likeness (QED) is 0.165. The summed E-state index contributed by atoms with van der Waals surface area (Å²) in [5, 5.41) is 20.6. The average molecular weight is 106 g/mol. The van der Waals surface area contributed by atoms with Crippen LogP contribution in [0.3, 0.4) is 0 Å². The Balaban J connectivity index is 3.00. The Hall–Kier alpha value is -0.610. The van der Waals surface area contributed by atoms with Gasteiger partial charge < -0.3 is 5.11 Å². The van der Waals surface area contributed by atoms with E-state index in [1.807, 2.05) is 0 Å². The minimum absolute atomic E-state index is 0.0671. The molecule has 0 aromatic carbocycles. The van der Waals surface area contributed by atoms with Crippen LogP contribution in [0.25, 0.3) is 0 Å². The summed E-state index contributed by atoms with van der Waals surface area (Å²) in [5.41, 5.74) is 0.